The molecule has 0 spiro atoms. The monoisotopic (exact) mass is 464 g/mol. The maximum Gasteiger partial charge on any atom is 0.290 e. The van der Waals surface area contributed by atoms with Crippen molar-refractivity contribution in [2.75, 3.05) is 40.4 Å². The van der Waals surface area contributed by atoms with Crippen molar-refractivity contribution >= 4 is 16.9 Å². The maximum absolute atomic E-state index is 13.7. The Balaban J connectivity index is 1.84. The number of hydrogen-bond donors (Lipinski definition) is 0. The normalized spacial score (nSPS) is 15.3. The van der Waals surface area contributed by atoms with E-state index >= 15 is 0 Å². The predicted octanol–water partition coefficient (Wildman–Crippen LogP) is 4.40. The second-order valence-corrected chi connectivity index (χ2v) is 8.57. The summed E-state index contributed by atoms with van der Waals surface area (Å²) in [6, 6.07) is 10.4. The van der Waals surface area contributed by atoms with Gasteiger partial charge in [0.15, 0.2) is 16.9 Å². The van der Waals surface area contributed by atoms with Crippen LogP contribution in [0.4, 0.5) is 0 Å². The number of carbonyl (C=O) groups excluding carboxylic acids is 1. The Morgan fingerprint density at radius 2 is 1.74 bits per heavy atom. The molecule has 1 aliphatic heterocycles. The number of fused-ring (bicyclic) bond motifs is 2. The summed E-state index contributed by atoms with van der Waals surface area (Å²) in [5, 5.41) is 0.488. The third-order valence-corrected chi connectivity index (χ3v) is 6.61. The van der Waals surface area contributed by atoms with Gasteiger partial charge in [-0.1, -0.05) is 31.5 Å². The molecular weight excluding hydrogens is 432 g/mol. The van der Waals surface area contributed by atoms with Gasteiger partial charge in [-0.25, -0.2) is 0 Å². The summed E-state index contributed by atoms with van der Waals surface area (Å²) in [6.45, 7) is 9.47. The van der Waals surface area contributed by atoms with Crippen LogP contribution in [0.3, 0.4) is 0 Å². The van der Waals surface area contributed by atoms with Crippen LogP contribution in [0.2, 0.25) is 0 Å². The van der Waals surface area contributed by atoms with Gasteiger partial charge in [0.2, 0.25) is 5.76 Å². The third-order valence-electron chi connectivity index (χ3n) is 6.61. The van der Waals surface area contributed by atoms with Gasteiger partial charge in [-0.3, -0.25) is 9.59 Å². The van der Waals surface area contributed by atoms with Gasteiger partial charge in [0.1, 0.15) is 5.58 Å². The van der Waals surface area contributed by atoms with Crippen molar-refractivity contribution in [3.05, 3.63) is 69.1 Å². The van der Waals surface area contributed by atoms with Gasteiger partial charge in [0, 0.05) is 6.54 Å². The van der Waals surface area contributed by atoms with Crippen molar-refractivity contribution in [3.8, 4) is 11.5 Å². The van der Waals surface area contributed by atoms with Gasteiger partial charge in [-0.2, -0.15) is 0 Å². The van der Waals surface area contributed by atoms with Gasteiger partial charge in [-0.05, 0) is 62.8 Å². The minimum atomic E-state index is -0.555. The lowest BCUT2D eigenvalue weighted by Gasteiger charge is -2.27. The number of amides is 1. The standard InChI is InChI=1S/C27H32N2O5/c1-6-28(7-2)13-8-14-29-24(18-10-12-21(32-4)22(16-18)33-5)23-25(30)19-15-17(3)9-11-20(19)34-26(23)27(29)31/h9-12,15-16,24H,6-8,13-14H2,1-5H3. The highest BCUT2D eigenvalue weighted by Gasteiger charge is 2.42. The minimum absolute atomic E-state index is 0.129. The van der Waals surface area contributed by atoms with E-state index in [-0.39, 0.29) is 17.1 Å². The van der Waals surface area contributed by atoms with Crippen molar-refractivity contribution in [2.45, 2.75) is 33.2 Å². The molecule has 0 bridgehead atoms. The third kappa shape index (κ3) is 4.16. The van der Waals surface area contributed by atoms with Gasteiger partial charge < -0.3 is 23.7 Å². The number of benzene rings is 2. The Labute approximate surface area is 199 Å². The Kier molecular flexibility index (Phi) is 6.93. The van der Waals surface area contributed by atoms with E-state index in [1.54, 1.807) is 31.3 Å². The highest BCUT2D eigenvalue weighted by Crippen LogP contribution is 2.41. The molecule has 3 aromatic rings. The van der Waals surface area contributed by atoms with Crippen LogP contribution in [0.1, 0.15) is 53.6 Å². The Hall–Kier alpha value is -3.32. The summed E-state index contributed by atoms with van der Waals surface area (Å²) in [5.74, 6) is 1.01. The van der Waals surface area contributed by atoms with Crippen LogP contribution in [-0.4, -0.2) is 56.1 Å². The summed E-state index contributed by atoms with van der Waals surface area (Å²) >= 11 is 0. The largest absolute Gasteiger partial charge is 0.493 e. The quantitative estimate of drug-likeness (QED) is 0.468. The molecule has 4 rings (SSSR count). The zero-order valence-corrected chi connectivity index (χ0v) is 20.5. The highest BCUT2D eigenvalue weighted by atomic mass is 16.5. The van der Waals surface area contributed by atoms with Crippen molar-refractivity contribution in [1.29, 1.82) is 0 Å². The number of hydrogen-bond acceptors (Lipinski definition) is 6. The van der Waals surface area contributed by atoms with Crippen LogP contribution >= 0.6 is 0 Å². The fourth-order valence-electron chi connectivity index (χ4n) is 4.74. The van der Waals surface area contributed by atoms with Gasteiger partial charge in [0.05, 0.1) is 31.2 Å². The zero-order chi connectivity index (χ0) is 24.4. The number of methoxy groups -OCH3 is 2. The van der Waals surface area contributed by atoms with E-state index in [0.717, 1.165) is 37.2 Å². The average Bonchev–Trinajstić information content (AvgIpc) is 3.13. The van der Waals surface area contributed by atoms with E-state index in [9.17, 15) is 9.59 Å². The molecule has 2 heterocycles. The molecule has 7 nitrogen and oxygen atoms in total. The van der Waals surface area contributed by atoms with E-state index in [0.29, 0.717) is 34.6 Å². The lowest BCUT2D eigenvalue weighted by Crippen LogP contribution is -2.33. The average molecular weight is 465 g/mol. The van der Waals surface area contributed by atoms with Crippen molar-refractivity contribution in [1.82, 2.24) is 9.80 Å². The topological polar surface area (TPSA) is 72.2 Å². The van der Waals surface area contributed by atoms with Crippen LogP contribution in [0.25, 0.3) is 11.0 Å². The summed E-state index contributed by atoms with van der Waals surface area (Å²) < 4.78 is 16.9. The Morgan fingerprint density at radius 3 is 2.41 bits per heavy atom. The van der Waals surface area contributed by atoms with Crippen LogP contribution in [0.15, 0.2) is 45.6 Å². The first-order valence-corrected chi connectivity index (χ1v) is 11.8. The number of nitrogens with zero attached hydrogens (tertiary/aromatic N) is 2. The van der Waals surface area contributed by atoms with E-state index in [1.807, 2.05) is 31.2 Å². The van der Waals surface area contributed by atoms with Crippen LogP contribution < -0.4 is 14.9 Å². The molecule has 0 fully saturated rings. The molecule has 34 heavy (non-hydrogen) atoms. The second-order valence-electron chi connectivity index (χ2n) is 8.57. The Morgan fingerprint density at radius 1 is 1.00 bits per heavy atom. The number of ether oxygens (including phenoxy) is 2. The molecular formula is C27H32N2O5. The summed E-state index contributed by atoms with van der Waals surface area (Å²) in [7, 11) is 3.15. The molecule has 1 unspecified atom stereocenters. The first kappa shape index (κ1) is 23.8. The van der Waals surface area contributed by atoms with Crippen LogP contribution in [0, 0.1) is 6.92 Å². The molecule has 1 aromatic heterocycles. The molecule has 0 radical (unpaired) electrons. The Bertz CT molecular complexity index is 1260. The highest BCUT2D eigenvalue weighted by molar-refractivity contribution is 5.99. The second kappa shape index (κ2) is 9.89. The number of aryl methyl sites for hydroxylation is 1. The van der Waals surface area contributed by atoms with Crippen molar-refractivity contribution in [3.63, 3.8) is 0 Å². The number of rotatable bonds is 9. The SMILES string of the molecule is CCN(CC)CCCN1C(=O)c2oc3ccc(C)cc3c(=O)c2C1c1ccc(OC)c(OC)c1. The van der Waals surface area contributed by atoms with Gasteiger partial charge in [-0.15, -0.1) is 0 Å². The smallest absolute Gasteiger partial charge is 0.290 e. The van der Waals surface area contributed by atoms with Crippen molar-refractivity contribution in [2.24, 2.45) is 0 Å². The molecule has 0 saturated heterocycles. The molecule has 0 N–H and O–H groups in total. The molecule has 1 amide bonds. The van der Waals surface area contributed by atoms with E-state index in [4.69, 9.17) is 13.9 Å². The summed E-state index contributed by atoms with van der Waals surface area (Å²) in [5.41, 5.74) is 2.39. The fourth-order valence-corrected chi connectivity index (χ4v) is 4.74. The molecule has 1 atom stereocenters. The first-order valence-electron chi connectivity index (χ1n) is 11.8. The van der Waals surface area contributed by atoms with Gasteiger partial charge in [0.25, 0.3) is 5.91 Å². The summed E-state index contributed by atoms with van der Waals surface area (Å²) in [4.78, 5) is 31.3. The maximum atomic E-state index is 13.7. The molecule has 1 aliphatic rings. The lowest BCUT2D eigenvalue weighted by molar-refractivity contribution is 0.0720. The molecule has 0 aliphatic carbocycles. The van der Waals surface area contributed by atoms with Gasteiger partial charge >= 0.3 is 0 Å². The number of carbonyl (C=O) groups is 1. The summed E-state index contributed by atoms with van der Waals surface area (Å²) in [6.07, 6.45) is 0.790. The lowest BCUT2D eigenvalue weighted by atomic mass is 9.97. The predicted molar refractivity (Wildman–Crippen MR) is 132 cm³/mol. The molecule has 180 valence electrons. The van der Waals surface area contributed by atoms with E-state index in [2.05, 4.69) is 18.7 Å². The minimum Gasteiger partial charge on any atom is -0.493 e. The van der Waals surface area contributed by atoms with E-state index in [1.165, 1.54) is 0 Å². The van der Waals surface area contributed by atoms with Crippen LogP contribution in [-0.2, 0) is 0 Å². The molecule has 7 heteroatoms. The fraction of sp³-hybridized carbons (Fsp3) is 0.407. The zero-order valence-electron chi connectivity index (χ0n) is 20.5. The first-order chi connectivity index (χ1) is 16.4. The van der Waals surface area contributed by atoms with Crippen LogP contribution in [0.5, 0.6) is 11.5 Å². The molecule has 2 aromatic carbocycles. The van der Waals surface area contributed by atoms with E-state index < -0.39 is 6.04 Å². The molecule has 0 saturated carbocycles. The van der Waals surface area contributed by atoms with Crippen molar-refractivity contribution < 1.29 is 18.7 Å².